The number of fused-ring (bicyclic) bond motifs is 1. The molecular weight excluding hydrogens is 326 g/mol. The monoisotopic (exact) mass is 347 g/mol. The van der Waals surface area contributed by atoms with E-state index in [9.17, 15) is 4.79 Å². The Kier molecular flexibility index (Phi) is 5.28. The number of hydrogen-bond acceptors (Lipinski definition) is 4. The molecule has 0 aliphatic heterocycles. The smallest absolute Gasteiger partial charge is 0.256 e. The average molecular weight is 347 g/mol. The Bertz CT molecular complexity index is 940. The van der Waals surface area contributed by atoms with Crippen LogP contribution in [0.25, 0.3) is 11.0 Å². The van der Waals surface area contributed by atoms with Gasteiger partial charge in [-0.2, -0.15) is 10.4 Å². The van der Waals surface area contributed by atoms with Gasteiger partial charge in [0, 0.05) is 24.7 Å². The summed E-state index contributed by atoms with van der Waals surface area (Å²) in [5, 5.41) is 14.3. The zero-order valence-corrected chi connectivity index (χ0v) is 15.0. The molecule has 1 amide bonds. The molecule has 0 aliphatic carbocycles. The molecular formula is C20H21N5O. The van der Waals surface area contributed by atoms with E-state index in [1.54, 1.807) is 18.5 Å². The molecule has 0 saturated carbocycles. The van der Waals surface area contributed by atoms with E-state index in [0.29, 0.717) is 18.0 Å². The molecule has 6 heteroatoms. The third-order valence-corrected chi connectivity index (χ3v) is 4.03. The topological polar surface area (TPSA) is 74.8 Å². The predicted octanol–water partition coefficient (Wildman–Crippen LogP) is 3.25. The minimum absolute atomic E-state index is 0.0262. The van der Waals surface area contributed by atoms with E-state index >= 15 is 0 Å². The summed E-state index contributed by atoms with van der Waals surface area (Å²) in [6.45, 7) is 5.43. The van der Waals surface area contributed by atoms with Crippen molar-refractivity contribution >= 4 is 16.9 Å². The number of pyridine rings is 1. The highest BCUT2D eigenvalue weighted by Gasteiger charge is 2.18. The second-order valence-electron chi connectivity index (χ2n) is 6.66. The number of hydrogen-bond donors (Lipinski definition) is 0. The summed E-state index contributed by atoms with van der Waals surface area (Å²) in [5.74, 6) is 0.250. The maximum absolute atomic E-state index is 12.9. The molecule has 3 aromatic rings. The molecule has 0 spiro atoms. The van der Waals surface area contributed by atoms with Crippen LogP contribution in [0, 0.1) is 17.2 Å². The second-order valence-corrected chi connectivity index (χ2v) is 6.66. The molecule has 3 rings (SSSR count). The minimum Gasteiger partial charge on any atom is -0.321 e. The van der Waals surface area contributed by atoms with Crippen LogP contribution in [-0.2, 0) is 13.1 Å². The van der Waals surface area contributed by atoms with Crippen molar-refractivity contribution in [3.8, 4) is 6.07 Å². The fourth-order valence-corrected chi connectivity index (χ4v) is 2.84. The number of carbonyl (C=O) groups excluding carboxylic acids is 1. The molecule has 6 nitrogen and oxygen atoms in total. The number of nitriles is 1. The zero-order chi connectivity index (χ0) is 18.5. The quantitative estimate of drug-likeness (QED) is 0.642. The van der Waals surface area contributed by atoms with Crippen LogP contribution in [0.5, 0.6) is 0 Å². The van der Waals surface area contributed by atoms with Gasteiger partial charge in [0.05, 0.1) is 17.8 Å². The van der Waals surface area contributed by atoms with Crippen LogP contribution in [0.2, 0.25) is 0 Å². The number of carbonyl (C=O) groups is 1. The lowest BCUT2D eigenvalue weighted by atomic mass is 10.1. The lowest BCUT2D eigenvalue weighted by molar-refractivity contribution is 0.0764. The van der Waals surface area contributed by atoms with Crippen LogP contribution in [0.1, 0.15) is 29.8 Å². The van der Waals surface area contributed by atoms with Gasteiger partial charge >= 0.3 is 0 Å². The Morgan fingerprint density at radius 3 is 2.73 bits per heavy atom. The van der Waals surface area contributed by atoms with Crippen molar-refractivity contribution in [3.63, 3.8) is 0 Å². The molecule has 0 saturated heterocycles. The number of aromatic nitrogens is 3. The lowest BCUT2D eigenvalue weighted by Crippen LogP contribution is -2.31. The maximum atomic E-state index is 12.9. The van der Waals surface area contributed by atoms with E-state index < -0.39 is 0 Å². The summed E-state index contributed by atoms with van der Waals surface area (Å²) < 4.78 is 1.85. The first kappa shape index (κ1) is 17.6. The van der Waals surface area contributed by atoms with E-state index in [-0.39, 0.29) is 12.5 Å². The molecule has 0 atom stereocenters. The highest BCUT2D eigenvalue weighted by atomic mass is 16.2. The molecule has 132 valence electrons. The fourth-order valence-electron chi connectivity index (χ4n) is 2.84. The largest absolute Gasteiger partial charge is 0.321 e. The number of amides is 1. The third-order valence-electron chi connectivity index (χ3n) is 4.03. The molecule has 2 aromatic heterocycles. The SMILES string of the molecule is CC(C)Cn1ncc2cc(C(=O)N(CC#N)Cc3ccccc3)cnc21. The van der Waals surface area contributed by atoms with Crippen LogP contribution in [-0.4, -0.2) is 32.1 Å². The van der Waals surface area contributed by atoms with E-state index in [1.807, 2.05) is 35.0 Å². The van der Waals surface area contributed by atoms with E-state index in [2.05, 4.69) is 30.0 Å². The molecule has 0 unspecified atom stereocenters. The summed E-state index contributed by atoms with van der Waals surface area (Å²) in [5.41, 5.74) is 2.22. The van der Waals surface area contributed by atoms with Gasteiger partial charge in [-0.15, -0.1) is 0 Å². The van der Waals surface area contributed by atoms with E-state index in [4.69, 9.17) is 5.26 Å². The van der Waals surface area contributed by atoms with Gasteiger partial charge in [-0.05, 0) is 17.5 Å². The Morgan fingerprint density at radius 2 is 2.04 bits per heavy atom. The van der Waals surface area contributed by atoms with Gasteiger partial charge in [-0.25, -0.2) is 9.67 Å². The van der Waals surface area contributed by atoms with Gasteiger partial charge in [0.25, 0.3) is 5.91 Å². The molecule has 0 bridgehead atoms. The van der Waals surface area contributed by atoms with Gasteiger partial charge < -0.3 is 4.90 Å². The Balaban J connectivity index is 1.86. The normalized spacial score (nSPS) is 10.8. The molecule has 0 radical (unpaired) electrons. The minimum atomic E-state index is -0.207. The molecule has 0 fully saturated rings. The van der Waals surface area contributed by atoms with Crippen LogP contribution >= 0.6 is 0 Å². The highest BCUT2D eigenvalue weighted by Crippen LogP contribution is 2.16. The summed E-state index contributed by atoms with van der Waals surface area (Å²) >= 11 is 0. The number of rotatable bonds is 6. The summed E-state index contributed by atoms with van der Waals surface area (Å²) in [7, 11) is 0. The van der Waals surface area contributed by atoms with Gasteiger partial charge in [-0.3, -0.25) is 4.79 Å². The van der Waals surface area contributed by atoms with Crippen molar-refractivity contribution in [1.82, 2.24) is 19.7 Å². The van der Waals surface area contributed by atoms with Crippen molar-refractivity contribution in [2.75, 3.05) is 6.54 Å². The van der Waals surface area contributed by atoms with Gasteiger partial charge in [0.2, 0.25) is 0 Å². The van der Waals surface area contributed by atoms with Gasteiger partial charge in [0.1, 0.15) is 6.54 Å². The Morgan fingerprint density at radius 1 is 1.27 bits per heavy atom. The van der Waals surface area contributed by atoms with Crippen LogP contribution in [0.15, 0.2) is 48.8 Å². The second kappa shape index (κ2) is 7.79. The van der Waals surface area contributed by atoms with Crippen LogP contribution in [0.3, 0.4) is 0 Å². The maximum Gasteiger partial charge on any atom is 0.256 e. The van der Waals surface area contributed by atoms with E-state index in [1.165, 1.54) is 4.90 Å². The number of benzene rings is 1. The first-order valence-corrected chi connectivity index (χ1v) is 8.60. The van der Waals surface area contributed by atoms with Crippen LogP contribution in [0.4, 0.5) is 0 Å². The van der Waals surface area contributed by atoms with Crippen molar-refractivity contribution in [1.29, 1.82) is 5.26 Å². The highest BCUT2D eigenvalue weighted by molar-refractivity contribution is 5.96. The van der Waals surface area contributed by atoms with Crippen molar-refractivity contribution in [2.45, 2.75) is 26.9 Å². The lowest BCUT2D eigenvalue weighted by Gasteiger charge is -2.19. The summed E-state index contributed by atoms with van der Waals surface area (Å²) in [6.07, 6.45) is 3.30. The Hall–Kier alpha value is -3.20. The molecule has 2 heterocycles. The van der Waals surface area contributed by atoms with Crippen molar-refractivity contribution < 1.29 is 4.79 Å². The Labute approximate surface area is 152 Å². The summed E-state index contributed by atoms with van der Waals surface area (Å²) in [4.78, 5) is 18.8. The number of nitrogens with zero attached hydrogens (tertiary/aromatic N) is 5. The third kappa shape index (κ3) is 3.89. The first-order valence-electron chi connectivity index (χ1n) is 8.60. The predicted molar refractivity (Wildman–Crippen MR) is 99.2 cm³/mol. The molecule has 0 N–H and O–H groups in total. The summed E-state index contributed by atoms with van der Waals surface area (Å²) in [6, 6.07) is 13.5. The molecule has 1 aromatic carbocycles. The molecule has 26 heavy (non-hydrogen) atoms. The van der Waals surface area contributed by atoms with Crippen molar-refractivity contribution in [3.05, 3.63) is 59.9 Å². The fraction of sp³-hybridized carbons (Fsp3) is 0.300. The molecule has 0 aliphatic rings. The zero-order valence-electron chi connectivity index (χ0n) is 15.0. The van der Waals surface area contributed by atoms with E-state index in [0.717, 1.165) is 23.1 Å². The standard InChI is InChI=1S/C20H21N5O/c1-15(2)13-25-19-17(12-23-25)10-18(11-22-19)20(26)24(9-8-21)14-16-6-4-3-5-7-16/h3-7,10-12,15H,9,13-14H2,1-2H3. The van der Waals surface area contributed by atoms with Gasteiger partial charge in [-0.1, -0.05) is 44.2 Å². The average Bonchev–Trinajstić information content (AvgIpc) is 3.03. The van der Waals surface area contributed by atoms with Crippen LogP contribution < -0.4 is 0 Å². The van der Waals surface area contributed by atoms with Crippen molar-refractivity contribution in [2.24, 2.45) is 5.92 Å². The first-order chi connectivity index (χ1) is 12.6. The van der Waals surface area contributed by atoms with Gasteiger partial charge in [0.15, 0.2) is 5.65 Å².